The van der Waals surface area contributed by atoms with Gasteiger partial charge in [-0.1, -0.05) is 23.4 Å². The number of aryl methyl sites for hydroxylation is 1. The second kappa shape index (κ2) is 8.08. The summed E-state index contributed by atoms with van der Waals surface area (Å²) in [7, 11) is -4.11. The molecule has 3 rings (SSSR count). The van der Waals surface area contributed by atoms with Crippen LogP contribution in [0.25, 0.3) is 0 Å². The number of anilines is 2. The molecule has 0 atom stereocenters. The smallest absolute Gasteiger partial charge is 0.343 e. The van der Waals surface area contributed by atoms with Crippen molar-refractivity contribution in [3.8, 4) is 0 Å². The molecule has 3 aromatic rings. The van der Waals surface area contributed by atoms with Gasteiger partial charge < -0.3 is 9.84 Å². The van der Waals surface area contributed by atoms with Crippen LogP contribution in [-0.2, 0) is 10.0 Å². The molecule has 0 spiro atoms. The highest BCUT2D eigenvalue weighted by Gasteiger charge is 2.26. The van der Waals surface area contributed by atoms with Gasteiger partial charge in [0.05, 0.1) is 9.82 Å². The van der Waals surface area contributed by atoms with Crippen LogP contribution in [0.4, 0.5) is 22.0 Å². The molecule has 0 fully saturated rings. The number of urea groups is 1. The fraction of sp³-hybridized carbons (Fsp3) is 0.0588. The highest BCUT2D eigenvalue weighted by atomic mass is 32.2. The van der Waals surface area contributed by atoms with Gasteiger partial charge in [0.25, 0.3) is 15.7 Å². The quantitative estimate of drug-likeness (QED) is 0.463. The van der Waals surface area contributed by atoms with E-state index in [1.807, 2.05) is 0 Å². The number of nitrogens with one attached hydrogen (secondary N) is 2. The van der Waals surface area contributed by atoms with E-state index in [4.69, 9.17) is 4.52 Å². The average Bonchev–Trinajstić information content (AvgIpc) is 3.13. The molecule has 0 aliphatic carbocycles. The number of nitro benzene ring substituents is 1. The summed E-state index contributed by atoms with van der Waals surface area (Å²) in [6, 6.07) is 13.0. The maximum Gasteiger partial charge on any atom is 0.343 e. The first-order valence-corrected chi connectivity index (χ1v) is 9.61. The van der Waals surface area contributed by atoms with Gasteiger partial charge >= 0.3 is 6.03 Å². The lowest BCUT2D eigenvalue weighted by atomic mass is 10.3. The lowest BCUT2D eigenvalue weighted by Gasteiger charge is -2.20. The highest BCUT2D eigenvalue weighted by Crippen LogP contribution is 2.19. The Labute approximate surface area is 165 Å². The molecule has 0 aliphatic rings. The Balaban J connectivity index is 1.87. The molecule has 0 unspecified atom stereocenters. The van der Waals surface area contributed by atoms with Crippen LogP contribution in [0.15, 0.2) is 70.1 Å². The summed E-state index contributed by atoms with van der Waals surface area (Å²) in [5.41, 5.74) is 0.0569. The first kappa shape index (κ1) is 20.0. The number of hydrazine groups is 1. The van der Waals surface area contributed by atoms with Gasteiger partial charge in [0.15, 0.2) is 5.82 Å². The molecule has 0 bridgehead atoms. The van der Waals surface area contributed by atoms with Crippen molar-refractivity contribution < 1.29 is 22.7 Å². The van der Waals surface area contributed by atoms with Gasteiger partial charge in [-0.25, -0.2) is 13.2 Å². The van der Waals surface area contributed by atoms with E-state index < -0.39 is 21.0 Å². The molecular weight excluding hydrogens is 402 g/mol. The molecule has 0 radical (unpaired) electrons. The Morgan fingerprint density at radius 2 is 1.79 bits per heavy atom. The number of hydrogen-bond acceptors (Lipinski definition) is 7. The topological polar surface area (TPSA) is 148 Å². The van der Waals surface area contributed by atoms with Crippen molar-refractivity contribution in [1.29, 1.82) is 0 Å². The van der Waals surface area contributed by atoms with Gasteiger partial charge in [0.1, 0.15) is 5.76 Å². The fourth-order valence-electron chi connectivity index (χ4n) is 2.27. The summed E-state index contributed by atoms with van der Waals surface area (Å²) in [6.45, 7) is 1.58. The van der Waals surface area contributed by atoms with E-state index in [1.54, 1.807) is 13.0 Å². The predicted molar refractivity (Wildman–Crippen MR) is 103 cm³/mol. The number of benzene rings is 2. The molecule has 2 amide bonds. The third-order valence-corrected chi connectivity index (χ3v) is 4.96. The van der Waals surface area contributed by atoms with Gasteiger partial charge in [-0.15, -0.1) is 4.83 Å². The minimum atomic E-state index is -4.11. The summed E-state index contributed by atoms with van der Waals surface area (Å²) in [6.07, 6.45) is 0. The van der Waals surface area contributed by atoms with Crippen LogP contribution < -0.4 is 15.2 Å². The molecule has 0 aliphatic heterocycles. The monoisotopic (exact) mass is 417 g/mol. The number of rotatable bonds is 6. The second-order valence-electron chi connectivity index (χ2n) is 5.77. The Hall–Kier alpha value is -3.77. The standard InChI is InChI=1S/C17H15N5O6S/c1-12-11-16(19-28-12)21(20-29(26,27)15-5-3-2-4-6-15)17(23)18-13-7-9-14(10-8-13)22(24)25/h2-11,20H,1H3,(H,18,23). The normalized spacial score (nSPS) is 11.1. The Kier molecular flexibility index (Phi) is 5.57. The number of amides is 2. The zero-order valence-electron chi connectivity index (χ0n) is 15.0. The Morgan fingerprint density at radius 3 is 2.34 bits per heavy atom. The Bertz CT molecular complexity index is 1130. The van der Waals surface area contributed by atoms with Crippen molar-refractivity contribution >= 4 is 33.2 Å². The second-order valence-corrected chi connectivity index (χ2v) is 7.43. The number of carbonyl (C=O) groups is 1. The first-order valence-electron chi connectivity index (χ1n) is 8.12. The largest absolute Gasteiger partial charge is 0.359 e. The van der Waals surface area contributed by atoms with Crippen molar-refractivity contribution in [2.24, 2.45) is 0 Å². The van der Waals surface area contributed by atoms with E-state index in [0.29, 0.717) is 10.8 Å². The van der Waals surface area contributed by atoms with Crippen LogP contribution >= 0.6 is 0 Å². The third kappa shape index (κ3) is 4.75. The molecule has 1 aromatic heterocycles. The molecule has 1 heterocycles. The van der Waals surface area contributed by atoms with Crippen LogP contribution in [0, 0.1) is 17.0 Å². The van der Waals surface area contributed by atoms with E-state index in [-0.39, 0.29) is 22.1 Å². The number of aromatic nitrogens is 1. The van der Waals surface area contributed by atoms with Crippen LogP contribution in [0.3, 0.4) is 0 Å². The Morgan fingerprint density at radius 1 is 1.14 bits per heavy atom. The SMILES string of the molecule is Cc1cc(N(NS(=O)(=O)c2ccccc2)C(=O)Nc2ccc([N+](=O)[O-])cc2)no1. The van der Waals surface area contributed by atoms with Gasteiger partial charge in [-0.2, -0.15) is 5.01 Å². The van der Waals surface area contributed by atoms with Crippen molar-refractivity contribution in [3.63, 3.8) is 0 Å². The summed E-state index contributed by atoms with van der Waals surface area (Å²) in [5.74, 6) is 0.258. The molecule has 11 nitrogen and oxygen atoms in total. The number of non-ortho nitro benzene ring substituents is 1. The molecular formula is C17H15N5O6S. The molecule has 2 aromatic carbocycles. The number of sulfonamides is 1. The number of carbonyl (C=O) groups excluding carboxylic acids is 1. The van der Waals surface area contributed by atoms with E-state index in [9.17, 15) is 23.3 Å². The van der Waals surface area contributed by atoms with Gasteiger partial charge in [-0.05, 0) is 31.2 Å². The van der Waals surface area contributed by atoms with Crippen molar-refractivity contribution in [2.45, 2.75) is 11.8 Å². The van der Waals surface area contributed by atoms with Crippen LogP contribution in [0.1, 0.15) is 5.76 Å². The maximum atomic E-state index is 12.7. The highest BCUT2D eigenvalue weighted by molar-refractivity contribution is 7.89. The molecule has 150 valence electrons. The summed E-state index contributed by atoms with van der Waals surface area (Å²) in [4.78, 5) is 25.0. The van der Waals surface area contributed by atoms with Crippen molar-refractivity contribution in [3.05, 3.63) is 76.5 Å². The van der Waals surface area contributed by atoms with Crippen LogP contribution in [0.5, 0.6) is 0 Å². The minimum Gasteiger partial charge on any atom is -0.359 e. The lowest BCUT2D eigenvalue weighted by molar-refractivity contribution is -0.384. The minimum absolute atomic E-state index is 0.0617. The lowest BCUT2D eigenvalue weighted by Crippen LogP contribution is -2.48. The zero-order chi connectivity index (χ0) is 21.0. The number of hydrogen-bond donors (Lipinski definition) is 2. The molecule has 2 N–H and O–H groups in total. The maximum absolute atomic E-state index is 12.7. The van der Waals surface area contributed by atoms with E-state index in [0.717, 1.165) is 0 Å². The van der Waals surface area contributed by atoms with E-state index in [2.05, 4.69) is 15.3 Å². The molecule has 0 saturated heterocycles. The number of nitro groups is 1. The molecule has 29 heavy (non-hydrogen) atoms. The zero-order valence-corrected chi connectivity index (χ0v) is 15.8. The van der Waals surface area contributed by atoms with Crippen molar-refractivity contribution in [1.82, 2.24) is 9.99 Å². The summed E-state index contributed by atoms with van der Waals surface area (Å²) < 4.78 is 30.2. The van der Waals surface area contributed by atoms with Gasteiger partial charge in [0.2, 0.25) is 0 Å². The fourth-order valence-corrected chi connectivity index (χ4v) is 3.31. The van der Waals surface area contributed by atoms with Crippen molar-refractivity contribution in [2.75, 3.05) is 10.3 Å². The molecule has 12 heteroatoms. The van der Waals surface area contributed by atoms with Crippen LogP contribution in [-0.4, -0.2) is 24.5 Å². The summed E-state index contributed by atoms with van der Waals surface area (Å²) in [5, 5.41) is 17.5. The number of nitrogens with zero attached hydrogens (tertiary/aromatic N) is 3. The first-order chi connectivity index (χ1) is 13.8. The predicted octanol–water partition coefficient (Wildman–Crippen LogP) is 2.82. The third-order valence-electron chi connectivity index (χ3n) is 3.64. The summed E-state index contributed by atoms with van der Waals surface area (Å²) >= 11 is 0. The van der Waals surface area contributed by atoms with Gasteiger partial charge in [0, 0.05) is 23.9 Å². The van der Waals surface area contributed by atoms with Crippen LogP contribution in [0.2, 0.25) is 0 Å². The van der Waals surface area contributed by atoms with E-state index in [1.165, 1.54) is 54.6 Å². The van der Waals surface area contributed by atoms with Gasteiger partial charge in [-0.3, -0.25) is 10.1 Å². The van der Waals surface area contributed by atoms with E-state index >= 15 is 0 Å². The molecule has 0 saturated carbocycles. The average molecular weight is 417 g/mol.